The average molecular weight is 333 g/mol. The van der Waals surface area contributed by atoms with Gasteiger partial charge in [-0.15, -0.1) is 0 Å². The van der Waals surface area contributed by atoms with E-state index in [-0.39, 0.29) is 12.5 Å². The maximum absolute atomic E-state index is 11.7. The molecule has 0 aromatic heterocycles. The van der Waals surface area contributed by atoms with Crippen LogP contribution in [0.25, 0.3) is 0 Å². The van der Waals surface area contributed by atoms with Crippen molar-refractivity contribution in [2.75, 3.05) is 13.7 Å². The number of halogens is 1. The lowest BCUT2D eigenvalue weighted by atomic mass is 10.1. The van der Waals surface area contributed by atoms with Gasteiger partial charge in [0.15, 0.2) is 6.61 Å². The van der Waals surface area contributed by atoms with Gasteiger partial charge in [0, 0.05) is 5.02 Å². The molecule has 0 saturated carbocycles. The van der Waals surface area contributed by atoms with E-state index in [1.165, 1.54) is 0 Å². The number of hydrogen-bond acceptors (Lipinski definition) is 4. The molecule has 0 saturated heterocycles. The third-order valence-corrected chi connectivity index (χ3v) is 3.29. The van der Waals surface area contributed by atoms with Crippen molar-refractivity contribution in [3.63, 3.8) is 0 Å². The van der Waals surface area contributed by atoms with Gasteiger partial charge in [-0.2, -0.15) is 5.10 Å². The second-order valence-electron chi connectivity index (χ2n) is 4.70. The largest absolute Gasteiger partial charge is 0.497 e. The molecular formula is C17H17ClN2O3. The van der Waals surface area contributed by atoms with E-state index in [1.807, 2.05) is 12.1 Å². The summed E-state index contributed by atoms with van der Waals surface area (Å²) in [6.07, 6.45) is 0. The van der Waals surface area contributed by atoms with Crippen LogP contribution in [-0.2, 0) is 4.79 Å². The van der Waals surface area contributed by atoms with E-state index in [0.717, 1.165) is 11.3 Å². The second-order valence-corrected chi connectivity index (χ2v) is 5.14. The average Bonchev–Trinajstić information content (AvgIpc) is 2.59. The van der Waals surface area contributed by atoms with E-state index in [1.54, 1.807) is 50.4 Å². The molecule has 5 nitrogen and oxygen atoms in total. The Morgan fingerprint density at radius 2 is 1.70 bits per heavy atom. The van der Waals surface area contributed by atoms with Crippen molar-refractivity contribution in [3.05, 3.63) is 59.1 Å². The van der Waals surface area contributed by atoms with E-state index in [9.17, 15) is 4.79 Å². The van der Waals surface area contributed by atoms with Gasteiger partial charge < -0.3 is 9.47 Å². The summed E-state index contributed by atoms with van der Waals surface area (Å²) in [7, 11) is 1.59. The fourth-order valence-electron chi connectivity index (χ4n) is 1.75. The first-order chi connectivity index (χ1) is 11.1. The van der Waals surface area contributed by atoms with Crippen LogP contribution >= 0.6 is 11.6 Å². The number of carbonyl (C=O) groups excluding carboxylic acids is 1. The highest BCUT2D eigenvalue weighted by Crippen LogP contribution is 2.16. The molecule has 6 heteroatoms. The normalized spacial score (nSPS) is 11.0. The summed E-state index contributed by atoms with van der Waals surface area (Å²) in [5.41, 5.74) is 4.02. The zero-order chi connectivity index (χ0) is 16.7. The topological polar surface area (TPSA) is 59.9 Å². The van der Waals surface area contributed by atoms with Crippen LogP contribution in [0.15, 0.2) is 53.6 Å². The highest BCUT2D eigenvalue weighted by molar-refractivity contribution is 6.30. The Morgan fingerprint density at radius 1 is 1.09 bits per heavy atom. The third kappa shape index (κ3) is 5.30. The maximum atomic E-state index is 11.7. The Bertz CT molecular complexity index is 682. The maximum Gasteiger partial charge on any atom is 0.277 e. The van der Waals surface area contributed by atoms with E-state index < -0.39 is 0 Å². The number of rotatable bonds is 6. The summed E-state index contributed by atoms with van der Waals surface area (Å²) < 4.78 is 10.4. The van der Waals surface area contributed by atoms with E-state index in [4.69, 9.17) is 21.1 Å². The van der Waals surface area contributed by atoms with Crippen LogP contribution in [0.2, 0.25) is 5.02 Å². The van der Waals surface area contributed by atoms with Gasteiger partial charge in [0.25, 0.3) is 5.91 Å². The molecule has 0 heterocycles. The molecule has 23 heavy (non-hydrogen) atoms. The van der Waals surface area contributed by atoms with Crippen molar-refractivity contribution in [2.45, 2.75) is 6.92 Å². The molecule has 0 unspecified atom stereocenters. The van der Waals surface area contributed by atoms with Crippen LogP contribution < -0.4 is 14.9 Å². The predicted molar refractivity (Wildman–Crippen MR) is 90.3 cm³/mol. The number of nitrogens with zero attached hydrogens (tertiary/aromatic N) is 1. The van der Waals surface area contributed by atoms with Crippen molar-refractivity contribution in [2.24, 2.45) is 5.10 Å². The van der Waals surface area contributed by atoms with Gasteiger partial charge in [0.1, 0.15) is 11.5 Å². The lowest BCUT2D eigenvalue weighted by molar-refractivity contribution is -0.123. The van der Waals surface area contributed by atoms with Crippen LogP contribution in [0, 0.1) is 0 Å². The van der Waals surface area contributed by atoms with Gasteiger partial charge in [0.2, 0.25) is 0 Å². The van der Waals surface area contributed by atoms with Gasteiger partial charge in [-0.1, -0.05) is 23.7 Å². The van der Waals surface area contributed by atoms with Crippen molar-refractivity contribution in [3.8, 4) is 11.5 Å². The summed E-state index contributed by atoms with van der Waals surface area (Å²) >= 11 is 5.83. The Labute approximate surface area is 139 Å². The molecule has 0 spiro atoms. The summed E-state index contributed by atoms with van der Waals surface area (Å²) in [6, 6.07) is 14.2. The Balaban J connectivity index is 1.84. The van der Waals surface area contributed by atoms with Crippen molar-refractivity contribution < 1.29 is 14.3 Å². The molecule has 2 aromatic rings. The Kier molecular flexibility index (Phi) is 6.00. The van der Waals surface area contributed by atoms with Crippen LogP contribution in [0.3, 0.4) is 0 Å². The van der Waals surface area contributed by atoms with Gasteiger partial charge >= 0.3 is 0 Å². The van der Waals surface area contributed by atoms with Crippen LogP contribution in [0.1, 0.15) is 12.5 Å². The fourth-order valence-corrected chi connectivity index (χ4v) is 1.88. The Hall–Kier alpha value is -2.53. The molecule has 1 N–H and O–H groups in total. The number of hydrazone groups is 1. The molecule has 0 aliphatic rings. The van der Waals surface area contributed by atoms with Crippen LogP contribution in [-0.4, -0.2) is 25.3 Å². The smallest absolute Gasteiger partial charge is 0.277 e. The molecule has 0 atom stereocenters. The number of hydrogen-bond donors (Lipinski definition) is 1. The standard InChI is InChI=1S/C17H17ClN2O3/c1-12(13-3-5-14(18)6-4-13)19-20-17(21)11-23-16-9-7-15(22-2)8-10-16/h3-10H,11H2,1-2H3,(H,20,21)/b19-12-. The minimum Gasteiger partial charge on any atom is -0.497 e. The minimum absolute atomic E-state index is 0.121. The molecule has 0 aliphatic carbocycles. The van der Waals surface area contributed by atoms with E-state index in [0.29, 0.717) is 16.5 Å². The van der Waals surface area contributed by atoms with Gasteiger partial charge in [-0.05, 0) is 48.9 Å². The number of nitrogens with one attached hydrogen (secondary N) is 1. The van der Waals surface area contributed by atoms with Crippen molar-refractivity contribution in [1.82, 2.24) is 5.43 Å². The molecular weight excluding hydrogens is 316 g/mol. The zero-order valence-corrected chi connectivity index (χ0v) is 13.6. The highest BCUT2D eigenvalue weighted by Gasteiger charge is 2.03. The second kappa shape index (κ2) is 8.19. The minimum atomic E-state index is -0.339. The molecule has 2 rings (SSSR count). The fraction of sp³-hybridized carbons (Fsp3) is 0.176. The molecule has 0 bridgehead atoms. The zero-order valence-electron chi connectivity index (χ0n) is 12.9. The van der Waals surface area contributed by atoms with Crippen molar-refractivity contribution >= 4 is 23.2 Å². The lowest BCUT2D eigenvalue weighted by Gasteiger charge is -2.06. The monoisotopic (exact) mass is 332 g/mol. The quantitative estimate of drug-likeness (QED) is 0.652. The molecule has 0 radical (unpaired) electrons. The summed E-state index contributed by atoms with van der Waals surface area (Å²) in [6.45, 7) is 1.68. The number of benzene rings is 2. The number of ether oxygens (including phenoxy) is 2. The van der Waals surface area contributed by atoms with Gasteiger partial charge in [-0.25, -0.2) is 5.43 Å². The first kappa shape index (κ1) is 16.8. The van der Waals surface area contributed by atoms with E-state index >= 15 is 0 Å². The summed E-state index contributed by atoms with van der Waals surface area (Å²) in [5.74, 6) is 0.971. The molecule has 0 aliphatic heterocycles. The SMILES string of the molecule is COc1ccc(OCC(=O)N/N=C(/C)c2ccc(Cl)cc2)cc1. The summed E-state index contributed by atoms with van der Waals surface area (Å²) in [4.78, 5) is 11.7. The van der Waals surface area contributed by atoms with Gasteiger partial charge in [-0.3, -0.25) is 4.79 Å². The van der Waals surface area contributed by atoms with Crippen molar-refractivity contribution in [1.29, 1.82) is 0 Å². The molecule has 1 amide bonds. The van der Waals surface area contributed by atoms with Crippen LogP contribution in [0.5, 0.6) is 11.5 Å². The summed E-state index contributed by atoms with van der Waals surface area (Å²) in [5, 5.41) is 4.69. The number of amides is 1. The number of carbonyl (C=O) groups is 1. The third-order valence-electron chi connectivity index (χ3n) is 3.04. The molecule has 0 fully saturated rings. The van der Waals surface area contributed by atoms with E-state index in [2.05, 4.69) is 10.5 Å². The molecule has 2 aromatic carbocycles. The predicted octanol–water partition coefficient (Wildman–Crippen LogP) is 3.27. The highest BCUT2D eigenvalue weighted by atomic mass is 35.5. The van der Waals surface area contributed by atoms with Crippen LogP contribution in [0.4, 0.5) is 0 Å². The Morgan fingerprint density at radius 3 is 2.30 bits per heavy atom. The van der Waals surface area contributed by atoms with Gasteiger partial charge in [0.05, 0.1) is 12.8 Å². The first-order valence-corrected chi connectivity index (χ1v) is 7.32. The first-order valence-electron chi connectivity index (χ1n) is 6.94. The molecule has 120 valence electrons. The number of methoxy groups -OCH3 is 1. The lowest BCUT2D eigenvalue weighted by Crippen LogP contribution is -2.25.